The second kappa shape index (κ2) is 9.82. The van der Waals surface area contributed by atoms with Gasteiger partial charge in [0, 0.05) is 22.9 Å². The summed E-state index contributed by atoms with van der Waals surface area (Å²) in [7, 11) is -3.64. The number of hydrogen-bond donors (Lipinski definition) is 1. The fraction of sp³-hybridized carbons (Fsp3) is 0.280. The second-order valence-corrected chi connectivity index (χ2v) is 10.5. The predicted molar refractivity (Wildman–Crippen MR) is 133 cm³/mol. The van der Waals surface area contributed by atoms with Crippen LogP contribution >= 0.6 is 0 Å². The molecule has 2 aromatic heterocycles. The Morgan fingerprint density at radius 2 is 1.29 bits per heavy atom. The Kier molecular flexibility index (Phi) is 6.67. The third-order valence-electron chi connectivity index (χ3n) is 6.25. The molecule has 4 aromatic rings. The molecule has 0 aliphatic carbocycles. The summed E-state index contributed by atoms with van der Waals surface area (Å²) in [6.45, 7) is -0.394. The minimum absolute atomic E-state index is 0.000746. The minimum atomic E-state index is -3.64. The van der Waals surface area contributed by atoms with Gasteiger partial charge in [-0.25, -0.2) is 8.78 Å². The van der Waals surface area contributed by atoms with E-state index in [0.717, 1.165) is 11.6 Å². The third kappa shape index (κ3) is 4.64. The van der Waals surface area contributed by atoms with E-state index in [1.807, 2.05) is 0 Å². The van der Waals surface area contributed by atoms with Gasteiger partial charge in [-0.15, -0.1) is 0 Å². The summed E-state index contributed by atoms with van der Waals surface area (Å²) in [5.74, 6) is -0.969. The van der Waals surface area contributed by atoms with E-state index in [-0.39, 0.29) is 49.0 Å². The van der Waals surface area contributed by atoms with E-state index in [4.69, 9.17) is 13.7 Å². The lowest BCUT2D eigenvalue weighted by molar-refractivity contribution is 0.153. The van der Waals surface area contributed by atoms with Crippen LogP contribution in [0.5, 0.6) is 11.5 Å². The molecule has 200 valence electrons. The van der Waals surface area contributed by atoms with Crippen molar-refractivity contribution in [3.8, 4) is 11.5 Å². The number of halogens is 2. The fourth-order valence-corrected chi connectivity index (χ4v) is 4.96. The molecule has 0 unspecified atom stereocenters. The fourth-order valence-electron chi connectivity index (χ4n) is 4.56. The maximum atomic E-state index is 13.8. The third-order valence-corrected chi connectivity index (χ3v) is 6.82. The van der Waals surface area contributed by atoms with Gasteiger partial charge < -0.3 is 14.6 Å². The van der Waals surface area contributed by atoms with Crippen molar-refractivity contribution in [3.63, 3.8) is 0 Å². The van der Waals surface area contributed by atoms with Crippen molar-refractivity contribution in [1.29, 1.82) is 0 Å². The van der Waals surface area contributed by atoms with Crippen LogP contribution in [-0.4, -0.2) is 55.3 Å². The quantitative estimate of drug-likeness (QED) is 0.385. The Labute approximate surface area is 214 Å². The Bertz CT molecular complexity index is 1780. The normalized spacial score (nSPS) is 17.9. The molecule has 0 radical (unpaired) electrons. The first-order chi connectivity index (χ1) is 18.1. The molecule has 38 heavy (non-hydrogen) atoms. The number of aliphatic hydroxyl groups excluding tert-OH is 1. The number of rotatable bonds is 4. The highest BCUT2D eigenvalue weighted by molar-refractivity contribution is 7.85. The average Bonchev–Trinajstić information content (AvgIpc) is 2.89. The van der Waals surface area contributed by atoms with E-state index in [1.54, 1.807) is 18.2 Å². The zero-order valence-corrected chi connectivity index (χ0v) is 20.8. The Hall–Kier alpha value is -3.81. The van der Waals surface area contributed by atoms with Gasteiger partial charge in [-0.05, 0) is 36.4 Å². The van der Waals surface area contributed by atoms with Crippen LogP contribution in [0.2, 0.25) is 0 Å². The molecule has 1 N–H and O–H groups in total. The molecule has 6 rings (SSSR count). The van der Waals surface area contributed by atoms with E-state index in [9.17, 15) is 31.9 Å². The molecular formula is C25H22F2N2O8S. The van der Waals surface area contributed by atoms with Crippen molar-refractivity contribution in [3.05, 3.63) is 80.9 Å². The largest absolute Gasteiger partial charge is 0.486 e. The number of aromatic nitrogens is 2. The van der Waals surface area contributed by atoms with Crippen LogP contribution in [0.3, 0.4) is 0 Å². The summed E-state index contributed by atoms with van der Waals surface area (Å²) in [6, 6.07) is 10.6. The van der Waals surface area contributed by atoms with Crippen molar-refractivity contribution >= 4 is 31.9 Å². The summed E-state index contributed by atoms with van der Waals surface area (Å²) >= 11 is 0. The molecule has 2 aliphatic rings. The van der Waals surface area contributed by atoms with E-state index >= 15 is 0 Å². The lowest BCUT2D eigenvalue weighted by Gasteiger charge is -2.27. The highest BCUT2D eigenvalue weighted by atomic mass is 32.2. The van der Waals surface area contributed by atoms with Crippen LogP contribution in [0, 0.1) is 11.6 Å². The minimum Gasteiger partial charge on any atom is -0.486 e. The molecule has 4 heterocycles. The summed E-state index contributed by atoms with van der Waals surface area (Å²) in [5, 5.41) is 10.6. The molecular weight excluding hydrogens is 526 g/mol. The SMILES string of the molecule is CS(=O)(=O)OC[C@@H]1COc2c(F)ccc3ccc(=O)n1c23.O=c1ccc2ccc(F)c3c2n1[C@H](CO)CO3. The predicted octanol–water partition coefficient (Wildman–Crippen LogP) is 2.12. The standard InChI is InChI=1S/C13H12FNO5S.C12H10FNO3/c1-21(17,18)20-7-9-6-19-13-10(14)4-2-8-3-5-11(16)15(9)12(8)13;13-9-3-1-7-2-4-10(16)14-8(5-15)6-17-12(9)11(7)14/h2-5,9H,6-7H2,1H3;1-4,8,15H,5-6H2/t9-;8-/m01/s1. The average molecular weight is 549 g/mol. The molecule has 0 saturated heterocycles. The van der Waals surface area contributed by atoms with Crippen LogP contribution in [0.25, 0.3) is 21.8 Å². The van der Waals surface area contributed by atoms with Crippen LogP contribution in [0.1, 0.15) is 12.1 Å². The van der Waals surface area contributed by atoms with Crippen molar-refractivity contribution < 1.29 is 36.0 Å². The Morgan fingerprint density at radius 3 is 1.76 bits per heavy atom. The van der Waals surface area contributed by atoms with E-state index in [1.165, 1.54) is 39.5 Å². The maximum Gasteiger partial charge on any atom is 0.264 e. The van der Waals surface area contributed by atoms with Crippen molar-refractivity contribution in [2.24, 2.45) is 0 Å². The highest BCUT2D eigenvalue weighted by Crippen LogP contribution is 2.34. The molecule has 0 spiro atoms. The van der Waals surface area contributed by atoms with E-state index in [2.05, 4.69) is 0 Å². The summed E-state index contributed by atoms with van der Waals surface area (Å²) in [4.78, 5) is 23.9. The lowest BCUT2D eigenvalue weighted by atomic mass is 10.1. The number of hydrogen-bond acceptors (Lipinski definition) is 8. The van der Waals surface area contributed by atoms with Gasteiger partial charge in [0.05, 0.1) is 42.6 Å². The van der Waals surface area contributed by atoms with Gasteiger partial charge in [0.2, 0.25) is 0 Å². The zero-order chi connectivity index (χ0) is 27.2. The van der Waals surface area contributed by atoms with Crippen LogP contribution in [0.4, 0.5) is 8.78 Å². The molecule has 0 bridgehead atoms. The van der Waals surface area contributed by atoms with Gasteiger partial charge in [0.15, 0.2) is 23.1 Å². The number of pyridine rings is 2. The van der Waals surface area contributed by atoms with Crippen molar-refractivity contribution in [1.82, 2.24) is 9.13 Å². The first-order valence-electron chi connectivity index (χ1n) is 11.5. The van der Waals surface area contributed by atoms with Gasteiger partial charge in [-0.3, -0.25) is 22.9 Å². The Morgan fingerprint density at radius 1 is 0.842 bits per heavy atom. The number of aliphatic hydroxyl groups is 1. The van der Waals surface area contributed by atoms with Crippen molar-refractivity contribution in [2.45, 2.75) is 12.1 Å². The van der Waals surface area contributed by atoms with Crippen molar-refractivity contribution in [2.75, 3.05) is 32.7 Å². The Balaban J connectivity index is 0.000000158. The van der Waals surface area contributed by atoms with Gasteiger partial charge in [0.1, 0.15) is 13.2 Å². The molecule has 0 amide bonds. The van der Waals surface area contributed by atoms with Gasteiger partial charge in [-0.2, -0.15) is 8.42 Å². The lowest BCUT2D eigenvalue weighted by Crippen LogP contribution is -2.35. The molecule has 2 aromatic carbocycles. The molecule has 0 fully saturated rings. The monoisotopic (exact) mass is 548 g/mol. The second-order valence-electron chi connectivity index (χ2n) is 8.81. The maximum absolute atomic E-state index is 13.8. The summed E-state index contributed by atoms with van der Waals surface area (Å²) in [5.41, 5.74) is 0.116. The number of benzene rings is 2. The number of ether oxygens (including phenoxy) is 2. The number of nitrogens with zero attached hydrogens (tertiary/aromatic N) is 2. The van der Waals surface area contributed by atoms with Gasteiger partial charge in [-0.1, -0.05) is 0 Å². The first kappa shape index (κ1) is 25.8. The van der Waals surface area contributed by atoms with Crippen LogP contribution < -0.4 is 20.6 Å². The first-order valence-corrected chi connectivity index (χ1v) is 13.3. The van der Waals surface area contributed by atoms with Gasteiger partial charge >= 0.3 is 0 Å². The molecule has 2 atom stereocenters. The molecule has 2 aliphatic heterocycles. The highest BCUT2D eigenvalue weighted by Gasteiger charge is 2.27. The zero-order valence-electron chi connectivity index (χ0n) is 20.0. The molecule has 0 saturated carbocycles. The van der Waals surface area contributed by atoms with E-state index in [0.29, 0.717) is 16.4 Å². The van der Waals surface area contributed by atoms with Crippen LogP contribution in [-0.2, 0) is 14.3 Å². The van der Waals surface area contributed by atoms with Crippen LogP contribution in [0.15, 0.2) is 58.1 Å². The molecule has 10 nitrogen and oxygen atoms in total. The smallest absolute Gasteiger partial charge is 0.264 e. The summed E-state index contributed by atoms with van der Waals surface area (Å²) in [6.07, 6.45) is 0.924. The topological polar surface area (TPSA) is 126 Å². The van der Waals surface area contributed by atoms with E-state index < -0.39 is 33.8 Å². The summed E-state index contributed by atoms with van der Waals surface area (Å²) < 4.78 is 67.7. The molecule has 13 heteroatoms. The van der Waals surface area contributed by atoms with Gasteiger partial charge in [0.25, 0.3) is 21.2 Å².